The highest BCUT2D eigenvalue weighted by Crippen LogP contribution is 2.20. The molecule has 1 aliphatic heterocycles. The lowest BCUT2D eigenvalue weighted by Crippen LogP contribution is -2.32. The van der Waals surface area contributed by atoms with Crippen LogP contribution in [-0.2, 0) is 11.3 Å². The molecule has 1 heterocycles. The van der Waals surface area contributed by atoms with Crippen LogP contribution in [0, 0.1) is 5.92 Å². The lowest BCUT2D eigenvalue weighted by Gasteiger charge is -2.30. The Hall–Kier alpha value is -2.66. The molecular formula is C23H28N2O3. The molecule has 5 heteroatoms. The summed E-state index contributed by atoms with van der Waals surface area (Å²) in [6.07, 6.45) is 2.50. The third-order valence-electron chi connectivity index (χ3n) is 5.17. The molecule has 148 valence electrons. The zero-order valence-electron chi connectivity index (χ0n) is 16.6. The van der Waals surface area contributed by atoms with Crippen LogP contribution in [0.5, 0.6) is 0 Å². The van der Waals surface area contributed by atoms with E-state index in [1.54, 1.807) is 31.2 Å². The number of carbonyl (C=O) groups is 2. The highest BCUT2D eigenvalue weighted by molar-refractivity contribution is 6.08. The minimum Gasteiger partial charge on any atom is -0.462 e. The molecule has 28 heavy (non-hydrogen) atoms. The molecule has 0 bridgehead atoms. The number of piperidine rings is 1. The zero-order chi connectivity index (χ0) is 19.9. The highest BCUT2D eigenvalue weighted by atomic mass is 16.5. The van der Waals surface area contributed by atoms with Crippen molar-refractivity contribution in [3.8, 4) is 0 Å². The number of hydrogen-bond donors (Lipinski definition) is 1. The quantitative estimate of drug-likeness (QED) is 0.757. The molecule has 5 nitrogen and oxygen atoms in total. The van der Waals surface area contributed by atoms with Crippen molar-refractivity contribution < 1.29 is 14.3 Å². The number of ether oxygens (including phenoxy) is 1. The second kappa shape index (κ2) is 9.51. The summed E-state index contributed by atoms with van der Waals surface area (Å²) in [4.78, 5) is 27.1. The van der Waals surface area contributed by atoms with Gasteiger partial charge in [0.2, 0.25) is 0 Å². The molecule has 2 aromatic rings. The maximum Gasteiger partial charge on any atom is 0.340 e. The van der Waals surface area contributed by atoms with Crippen LogP contribution in [0.3, 0.4) is 0 Å². The van der Waals surface area contributed by atoms with E-state index in [4.69, 9.17) is 4.74 Å². The van der Waals surface area contributed by atoms with Crippen molar-refractivity contribution in [3.63, 3.8) is 0 Å². The van der Waals surface area contributed by atoms with Crippen LogP contribution < -0.4 is 5.32 Å². The van der Waals surface area contributed by atoms with Crippen molar-refractivity contribution in [1.29, 1.82) is 0 Å². The maximum atomic E-state index is 12.6. The van der Waals surface area contributed by atoms with Gasteiger partial charge in [0.05, 0.1) is 17.9 Å². The summed E-state index contributed by atoms with van der Waals surface area (Å²) in [5.74, 6) is 0.138. The lowest BCUT2D eigenvalue weighted by atomic mass is 9.99. The van der Waals surface area contributed by atoms with Crippen molar-refractivity contribution in [2.45, 2.75) is 33.2 Å². The third-order valence-corrected chi connectivity index (χ3v) is 5.17. The van der Waals surface area contributed by atoms with E-state index in [1.165, 1.54) is 18.4 Å². The first-order chi connectivity index (χ1) is 13.6. The molecule has 1 fully saturated rings. The summed E-state index contributed by atoms with van der Waals surface area (Å²) in [5, 5.41) is 2.82. The number of amides is 1. The van der Waals surface area contributed by atoms with Gasteiger partial charge in [-0.3, -0.25) is 9.69 Å². The van der Waals surface area contributed by atoms with E-state index < -0.39 is 5.97 Å². The SMILES string of the molecule is CCOC(=O)c1ccccc1NC(=O)c1ccc(CN2CCC(C)CC2)cc1. The van der Waals surface area contributed by atoms with Crippen LogP contribution in [0.1, 0.15) is 53.0 Å². The topological polar surface area (TPSA) is 58.6 Å². The Morgan fingerprint density at radius 1 is 1.07 bits per heavy atom. The largest absolute Gasteiger partial charge is 0.462 e. The van der Waals surface area contributed by atoms with Crippen molar-refractivity contribution >= 4 is 17.6 Å². The molecule has 1 aliphatic rings. The molecule has 0 spiro atoms. The predicted octanol–water partition coefficient (Wildman–Crippen LogP) is 4.35. The molecule has 0 saturated carbocycles. The monoisotopic (exact) mass is 380 g/mol. The molecular weight excluding hydrogens is 352 g/mol. The summed E-state index contributed by atoms with van der Waals surface area (Å²) in [6, 6.07) is 14.6. The van der Waals surface area contributed by atoms with E-state index in [1.807, 2.05) is 24.3 Å². The fourth-order valence-electron chi connectivity index (χ4n) is 3.41. The minimum atomic E-state index is -0.440. The van der Waals surface area contributed by atoms with Gasteiger partial charge in [0.1, 0.15) is 0 Å². The first-order valence-corrected chi connectivity index (χ1v) is 9.95. The van der Waals surface area contributed by atoms with Crippen LogP contribution in [0.4, 0.5) is 5.69 Å². The van der Waals surface area contributed by atoms with E-state index in [-0.39, 0.29) is 5.91 Å². The van der Waals surface area contributed by atoms with Crippen molar-refractivity contribution in [1.82, 2.24) is 4.90 Å². The molecule has 0 aromatic heterocycles. The normalized spacial score (nSPS) is 15.2. The number of benzene rings is 2. The molecule has 1 N–H and O–H groups in total. The summed E-state index contributed by atoms with van der Waals surface area (Å²) in [6.45, 7) is 7.54. The van der Waals surface area contributed by atoms with E-state index >= 15 is 0 Å². The molecule has 1 amide bonds. The molecule has 2 aromatic carbocycles. The van der Waals surface area contributed by atoms with Crippen LogP contribution in [0.2, 0.25) is 0 Å². The first-order valence-electron chi connectivity index (χ1n) is 9.95. The van der Waals surface area contributed by atoms with Gasteiger partial charge in [0.25, 0.3) is 5.91 Å². The molecule has 0 aliphatic carbocycles. The average molecular weight is 380 g/mol. The Kier molecular flexibility index (Phi) is 6.82. The van der Waals surface area contributed by atoms with Gasteiger partial charge < -0.3 is 10.1 Å². The molecule has 1 saturated heterocycles. The zero-order valence-corrected chi connectivity index (χ0v) is 16.6. The third kappa shape index (κ3) is 5.20. The van der Waals surface area contributed by atoms with Gasteiger partial charge in [-0.2, -0.15) is 0 Å². The molecule has 3 rings (SSSR count). The van der Waals surface area contributed by atoms with E-state index in [0.29, 0.717) is 23.4 Å². The Morgan fingerprint density at radius 2 is 1.75 bits per heavy atom. The van der Waals surface area contributed by atoms with Crippen LogP contribution in [-0.4, -0.2) is 36.5 Å². The van der Waals surface area contributed by atoms with Gasteiger partial charge in [0.15, 0.2) is 0 Å². The summed E-state index contributed by atoms with van der Waals surface area (Å²) in [7, 11) is 0. The summed E-state index contributed by atoms with van der Waals surface area (Å²) in [5.41, 5.74) is 2.58. The second-order valence-electron chi connectivity index (χ2n) is 7.38. The second-order valence-corrected chi connectivity index (χ2v) is 7.38. The lowest BCUT2D eigenvalue weighted by molar-refractivity contribution is 0.0527. The van der Waals surface area contributed by atoms with Gasteiger partial charge >= 0.3 is 5.97 Å². The van der Waals surface area contributed by atoms with Gasteiger partial charge in [-0.1, -0.05) is 31.2 Å². The number of nitrogens with zero attached hydrogens (tertiary/aromatic N) is 1. The van der Waals surface area contributed by atoms with Crippen molar-refractivity contribution in [3.05, 3.63) is 65.2 Å². The fraction of sp³-hybridized carbons (Fsp3) is 0.391. The standard InChI is InChI=1S/C23H28N2O3/c1-3-28-23(27)20-6-4-5-7-21(20)24-22(26)19-10-8-18(9-11-19)16-25-14-12-17(2)13-15-25/h4-11,17H,3,12-16H2,1-2H3,(H,24,26). The number of anilines is 1. The van der Waals surface area contributed by atoms with Gasteiger partial charge in [-0.15, -0.1) is 0 Å². The number of para-hydroxylation sites is 1. The van der Waals surface area contributed by atoms with E-state index in [0.717, 1.165) is 25.6 Å². The Balaban J connectivity index is 1.63. The van der Waals surface area contributed by atoms with Crippen LogP contribution in [0.15, 0.2) is 48.5 Å². The Labute approximate surface area is 166 Å². The Bertz CT molecular complexity index is 809. The van der Waals surface area contributed by atoms with Gasteiger partial charge in [0, 0.05) is 12.1 Å². The van der Waals surface area contributed by atoms with Crippen molar-refractivity contribution in [2.75, 3.05) is 25.0 Å². The number of likely N-dealkylation sites (tertiary alicyclic amines) is 1. The predicted molar refractivity (Wildman–Crippen MR) is 110 cm³/mol. The van der Waals surface area contributed by atoms with Gasteiger partial charge in [-0.25, -0.2) is 4.79 Å². The average Bonchev–Trinajstić information content (AvgIpc) is 2.71. The van der Waals surface area contributed by atoms with E-state index in [2.05, 4.69) is 17.1 Å². The van der Waals surface area contributed by atoms with Crippen LogP contribution >= 0.6 is 0 Å². The molecule has 0 radical (unpaired) electrons. The number of hydrogen-bond acceptors (Lipinski definition) is 4. The van der Waals surface area contributed by atoms with E-state index in [9.17, 15) is 9.59 Å². The number of rotatable bonds is 6. The highest BCUT2D eigenvalue weighted by Gasteiger charge is 2.17. The van der Waals surface area contributed by atoms with Crippen molar-refractivity contribution in [2.24, 2.45) is 5.92 Å². The van der Waals surface area contributed by atoms with Gasteiger partial charge in [-0.05, 0) is 68.6 Å². The fourth-order valence-corrected chi connectivity index (χ4v) is 3.41. The number of esters is 1. The first kappa shape index (κ1) is 20.1. The smallest absolute Gasteiger partial charge is 0.340 e. The molecule has 0 atom stereocenters. The summed E-state index contributed by atoms with van der Waals surface area (Å²) >= 11 is 0. The maximum absolute atomic E-state index is 12.6. The Morgan fingerprint density at radius 3 is 2.43 bits per heavy atom. The minimum absolute atomic E-state index is 0.241. The number of nitrogens with one attached hydrogen (secondary N) is 1. The van der Waals surface area contributed by atoms with Crippen LogP contribution in [0.25, 0.3) is 0 Å². The number of carbonyl (C=O) groups excluding carboxylic acids is 2. The molecule has 0 unspecified atom stereocenters. The summed E-state index contributed by atoms with van der Waals surface area (Å²) < 4.78 is 5.06.